The first kappa shape index (κ1) is 13.8. The van der Waals surface area contributed by atoms with Crippen LogP contribution in [0.2, 0.25) is 0 Å². The summed E-state index contributed by atoms with van der Waals surface area (Å²) in [4.78, 5) is 2.61. The summed E-state index contributed by atoms with van der Waals surface area (Å²) in [6.45, 7) is 4.50. The highest BCUT2D eigenvalue weighted by molar-refractivity contribution is 4.92. The fourth-order valence-electron chi connectivity index (χ4n) is 4.28. The summed E-state index contributed by atoms with van der Waals surface area (Å²) >= 11 is 0. The molecule has 1 atom stereocenters. The molecular formula is C16H30N2O. The predicted octanol–water partition coefficient (Wildman–Crippen LogP) is 2.54. The highest BCUT2D eigenvalue weighted by Crippen LogP contribution is 2.42. The molecule has 0 bridgehead atoms. The third-order valence-corrected chi connectivity index (χ3v) is 5.61. The van der Waals surface area contributed by atoms with Gasteiger partial charge in [-0.15, -0.1) is 0 Å². The fraction of sp³-hybridized carbons (Fsp3) is 1.00. The van der Waals surface area contributed by atoms with Crippen molar-refractivity contribution in [3.05, 3.63) is 0 Å². The molecule has 2 N–H and O–H groups in total. The van der Waals surface area contributed by atoms with Crippen molar-refractivity contribution in [2.24, 2.45) is 11.7 Å². The predicted molar refractivity (Wildman–Crippen MR) is 78.1 cm³/mol. The zero-order chi connectivity index (χ0) is 13.1. The van der Waals surface area contributed by atoms with Crippen molar-refractivity contribution in [2.75, 3.05) is 26.2 Å². The summed E-state index contributed by atoms with van der Waals surface area (Å²) in [6.07, 6.45) is 12.5. The minimum Gasteiger partial charge on any atom is -0.370 e. The van der Waals surface area contributed by atoms with E-state index in [0.29, 0.717) is 11.7 Å². The number of piperidine rings is 1. The Morgan fingerprint density at radius 3 is 2.42 bits per heavy atom. The maximum Gasteiger partial charge on any atom is 0.0710 e. The van der Waals surface area contributed by atoms with Crippen molar-refractivity contribution in [1.29, 1.82) is 0 Å². The van der Waals surface area contributed by atoms with Crippen LogP contribution in [-0.4, -0.2) is 42.8 Å². The highest BCUT2D eigenvalue weighted by Gasteiger charge is 2.41. The van der Waals surface area contributed by atoms with Crippen LogP contribution in [0.15, 0.2) is 0 Å². The van der Waals surface area contributed by atoms with Crippen LogP contribution in [0.4, 0.5) is 0 Å². The lowest BCUT2D eigenvalue weighted by molar-refractivity contribution is -0.0735. The minimum atomic E-state index is 0.290. The van der Waals surface area contributed by atoms with Gasteiger partial charge < -0.3 is 15.4 Å². The molecule has 2 aliphatic heterocycles. The summed E-state index contributed by atoms with van der Waals surface area (Å²) in [5.41, 5.74) is 6.05. The van der Waals surface area contributed by atoms with Gasteiger partial charge in [0.05, 0.1) is 11.7 Å². The lowest BCUT2D eigenvalue weighted by Crippen LogP contribution is -2.41. The number of rotatable bonds is 3. The molecule has 1 saturated carbocycles. The molecule has 1 unspecified atom stereocenters. The number of hydrogen-bond donors (Lipinski definition) is 1. The number of hydrogen-bond acceptors (Lipinski definition) is 3. The van der Waals surface area contributed by atoms with Crippen LogP contribution in [0, 0.1) is 5.92 Å². The molecule has 3 heteroatoms. The largest absolute Gasteiger partial charge is 0.370 e. The maximum absolute atomic E-state index is 6.48. The van der Waals surface area contributed by atoms with E-state index in [2.05, 4.69) is 4.90 Å². The molecule has 0 amide bonds. The minimum absolute atomic E-state index is 0.290. The molecule has 3 aliphatic rings. The van der Waals surface area contributed by atoms with Gasteiger partial charge in [0.25, 0.3) is 0 Å². The molecule has 1 spiro atoms. The van der Waals surface area contributed by atoms with Crippen LogP contribution >= 0.6 is 0 Å². The summed E-state index contributed by atoms with van der Waals surface area (Å²) < 4.78 is 6.48. The smallest absolute Gasteiger partial charge is 0.0710 e. The standard InChI is InChI=1S/C16H30N2O/c17-12-14-5-10-18(11-6-14)13-15-4-9-16(19-15)7-2-1-3-8-16/h14-15H,1-13,17H2. The maximum atomic E-state index is 6.48. The SMILES string of the molecule is NCC1CCN(CC2CCC3(CCCCC3)O2)CC1. The molecule has 2 saturated heterocycles. The second-order valence-electron chi connectivity index (χ2n) is 7.00. The summed E-state index contributed by atoms with van der Waals surface area (Å²) in [5, 5.41) is 0. The van der Waals surface area contributed by atoms with Gasteiger partial charge in [-0.3, -0.25) is 0 Å². The molecule has 3 fully saturated rings. The first-order chi connectivity index (χ1) is 9.30. The van der Waals surface area contributed by atoms with E-state index in [0.717, 1.165) is 12.5 Å². The van der Waals surface area contributed by atoms with Crippen LogP contribution in [0.25, 0.3) is 0 Å². The summed E-state index contributed by atoms with van der Waals surface area (Å²) in [7, 11) is 0. The Bertz CT molecular complexity index is 280. The van der Waals surface area contributed by atoms with Gasteiger partial charge in [0.15, 0.2) is 0 Å². The molecule has 19 heavy (non-hydrogen) atoms. The van der Waals surface area contributed by atoms with Gasteiger partial charge >= 0.3 is 0 Å². The Hall–Kier alpha value is -0.120. The zero-order valence-corrected chi connectivity index (χ0v) is 12.3. The van der Waals surface area contributed by atoms with E-state index < -0.39 is 0 Å². The van der Waals surface area contributed by atoms with Gasteiger partial charge in [0.2, 0.25) is 0 Å². The van der Waals surface area contributed by atoms with E-state index in [1.807, 2.05) is 0 Å². The van der Waals surface area contributed by atoms with E-state index in [9.17, 15) is 0 Å². The van der Waals surface area contributed by atoms with Crippen LogP contribution in [0.5, 0.6) is 0 Å². The molecule has 110 valence electrons. The van der Waals surface area contributed by atoms with Gasteiger partial charge in [0.1, 0.15) is 0 Å². The lowest BCUT2D eigenvalue weighted by Gasteiger charge is -2.36. The van der Waals surface area contributed by atoms with Crippen LogP contribution in [-0.2, 0) is 4.74 Å². The first-order valence-corrected chi connectivity index (χ1v) is 8.40. The molecule has 1 aliphatic carbocycles. The molecule has 2 heterocycles. The topological polar surface area (TPSA) is 38.5 Å². The van der Waals surface area contributed by atoms with Gasteiger partial charge in [-0.1, -0.05) is 19.3 Å². The van der Waals surface area contributed by atoms with Crippen molar-refractivity contribution >= 4 is 0 Å². The Morgan fingerprint density at radius 1 is 1.00 bits per heavy atom. The van der Waals surface area contributed by atoms with Gasteiger partial charge in [-0.05, 0) is 64.1 Å². The van der Waals surface area contributed by atoms with Crippen molar-refractivity contribution in [2.45, 2.75) is 69.5 Å². The first-order valence-electron chi connectivity index (χ1n) is 8.40. The number of likely N-dealkylation sites (tertiary alicyclic amines) is 1. The average molecular weight is 266 g/mol. The van der Waals surface area contributed by atoms with E-state index in [-0.39, 0.29) is 0 Å². The Kier molecular flexibility index (Phi) is 4.45. The quantitative estimate of drug-likeness (QED) is 0.853. The van der Waals surface area contributed by atoms with Crippen molar-refractivity contribution < 1.29 is 4.74 Å². The van der Waals surface area contributed by atoms with Crippen molar-refractivity contribution in [3.63, 3.8) is 0 Å². The number of ether oxygens (including phenoxy) is 1. The van der Waals surface area contributed by atoms with Crippen LogP contribution < -0.4 is 5.73 Å². The Balaban J connectivity index is 1.44. The summed E-state index contributed by atoms with van der Waals surface area (Å²) in [6, 6.07) is 0. The van der Waals surface area contributed by atoms with Gasteiger partial charge in [-0.2, -0.15) is 0 Å². The lowest BCUT2D eigenvalue weighted by atomic mass is 9.83. The second kappa shape index (κ2) is 6.11. The second-order valence-corrected chi connectivity index (χ2v) is 7.00. The number of nitrogens with zero attached hydrogens (tertiary/aromatic N) is 1. The van der Waals surface area contributed by atoms with Crippen LogP contribution in [0.1, 0.15) is 57.8 Å². The van der Waals surface area contributed by atoms with Gasteiger partial charge in [-0.25, -0.2) is 0 Å². The molecule has 0 aromatic carbocycles. The van der Waals surface area contributed by atoms with Crippen molar-refractivity contribution in [3.8, 4) is 0 Å². The molecule has 3 nitrogen and oxygen atoms in total. The van der Waals surface area contributed by atoms with E-state index in [4.69, 9.17) is 10.5 Å². The highest BCUT2D eigenvalue weighted by atomic mass is 16.5. The molecular weight excluding hydrogens is 236 g/mol. The van der Waals surface area contributed by atoms with Crippen molar-refractivity contribution in [1.82, 2.24) is 4.90 Å². The Morgan fingerprint density at radius 2 is 1.74 bits per heavy atom. The molecule has 0 aromatic rings. The fourth-order valence-corrected chi connectivity index (χ4v) is 4.28. The van der Waals surface area contributed by atoms with E-state index in [1.165, 1.54) is 77.4 Å². The van der Waals surface area contributed by atoms with E-state index in [1.54, 1.807) is 0 Å². The van der Waals surface area contributed by atoms with Crippen LogP contribution in [0.3, 0.4) is 0 Å². The average Bonchev–Trinajstić information content (AvgIpc) is 2.83. The molecule has 0 radical (unpaired) electrons. The third-order valence-electron chi connectivity index (χ3n) is 5.61. The van der Waals surface area contributed by atoms with Gasteiger partial charge in [0, 0.05) is 6.54 Å². The molecule has 0 aromatic heterocycles. The normalized spacial score (nSPS) is 33.0. The van der Waals surface area contributed by atoms with E-state index >= 15 is 0 Å². The summed E-state index contributed by atoms with van der Waals surface area (Å²) in [5.74, 6) is 0.769. The molecule has 3 rings (SSSR count). The Labute approximate surface area is 117 Å². The third kappa shape index (κ3) is 3.32. The monoisotopic (exact) mass is 266 g/mol. The zero-order valence-electron chi connectivity index (χ0n) is 12.3. The number of nitrogens with two attached hydrogens (primary N) is 1.